The minimum absolute atomic E-state index is 0.0185. The van der Waals surface area contributed by atoms with Gasteiger partial charge in [-0.15, -0.1) is 23.2 Å². The number of hydrogen-bond donors (Lipinski definition) is 2. The number of rotatable bonds is 9. The molecule has 1 aliphatic carbocycles. The zero-order chi connectivity index (χ0) is 25.6. The van der Waals surface area contributed by atoms with Gasteiger partial charge in [-0.1, -0.05) is 55.8 Å². The number of fused-ring (bicyclic) bond motifs is 1. The van der Waals surface area contributed by atoms with Crippen LogP contribution in [-0.4, -0.2) is 41.3 Å². The van der Waals surface area contributed by atoms with Crippen LogP contribution in [0.2, 0.25) is 5.02 Å². The number of unbranched alkanes of at least 4 members (excludes halogenated alkanes) is 1. The fourth-order valence-electron chi connectivity index (χ4n) is 4.52. The van der Waals surface area contributed by atoms with Crippen molar-refractivity contribution < 1.29 is 24.5 Å². The van der Waals surface area contributed by atoms with Crippen LogP contribution < -0.4 is 0 Å². The summed E-state index contributed by atoms with van der Waals surface area (Å²) in [5.41, 5.74) is -0.873. The van der Waals surface area contributed by atoms with Gasteiger partial charge in [0.05, 0.1) is 29.8 Å². The Morgan fingerprint density at radius 1 is 1.31 bits per heavy atom. The molecule has 4 atom stereocenters. The normalized spacial score (nSPS) is 22.3. The number of ketones is 1. The van der Waals surface area contributed by atoms with Gasteiger partial charge in [-0.3, -0.25) is 9.59 Å². The van der Waals surface area contributed by atoms with Gasteiger partial charge in [0.25, 0.3) is 0 Å². The lowest BCUT2D eigenvalue weighted by Crippen LogP contribution is -2.31. The molecule has 0 spiro atoms. The van der Waals surface area contributed by atoms with E-state index in [1.165, 1.54) is 7.11 Å². The predicted molar refractivity (Wildman–Crippen MR) is 140 cm³/mol. The molecule has 1 aliphatic rings. The molecule has 1 aromatic heterocycles. The Balaban J connectivity index is 1.60. The number of benzene rings is 1. The van der Waals surface area contributed by atoms with E-state index in [9.17, 15) is 19.8 Å². The number of methoxy groups -OCH3 is 1. The molecule has 0 amide bonds. The number of esters is 1. The fraction of sp³-hybridized carbons (Fsp3) is 0.500. The molecule has 0 bridgehead atoms. The molecule has 1 unspecified atom stereocenters. The van der Waals surface area contributed by atoms with E-state index in [1.807, 2.05) is 24.3 Å². The lowest BCUT2D eigenvalue weighted by atomic mass is 9.86. The Labute approximate surface area is 216 Å². The highest BCUT2D eigenvalue weighted by Crippen LogP contribution is 2.44. The van der Waals surface area contributed by atoms with Gasteiger partial charge in [-0.05, 0) is 25.3 Å². The van der Waals surface area contributed by atoms with E-state index in [0.29, 0.717) is 38.5 Å². The Morgan fingerprint density at radius 2 is 2.06 bits per heavy atom. The maximum atomic E-state index is 13.0. The van der Waals surface area contributed by atoms with E-state index in [4.69, 9.17) is 11.6 Å². The number of aliphatic hydroxyl groups is 2. The molecule has 7 heteroatoms. The highest BCUT2D eigenvalue weighted by Gasteiger charge is 2.53. The number of aliphatic hydroxyl groups excluding tert-OH is 2. The van der Waals surface area contributed by atoms with E-state index in [2.05, 4.69) is 16.6 Å². The largest absolute Gasteiger partial charge is 0.469 e. The number of halogens is 1. The molecule has 2 N–H and O–H groups in total. The molecular weight excluding hydrogens is 484 g/mol. The van der Waals surface area contributed by atoms with Gasteiger partial charge in [0.2, 0.25) is 0 Å². The SMILES string of the molecule is COC(=O)CCCC#CC[C@H]1C(=O)C(C)(C)[C@@H](O)[C@H]1/C=C\C(O)CCc1sc2ccccc2c1Cl. The maximum Gasteiger partial charge on any atom is 0.305 e. The maximum absolute atomic E-state index is 13.0. The number of carbonyl (C=O) groups is 2. The first-order valence-corrected chi connectivity index (χ1v) is 13.1. The van der Waals surface area contributed by atoms with Crippen molar-refractivity contribution in [1.29, 1.82) is 0 Å². The molecule has 1 fully saturated rings. The number of Topliss-reactive ketones (excluding diaryl/α,β-unsaturated/α-hetero) is 1. The highest BCUT2D eigenvalue weighted by molar-refractivity contribution is 7.19. The molecule has 1 aromatic carbocycles. The summed E-state index contributed by atoms with van der Waals surface area (Å²) in [6, 6.07) is 7.97. The van der Waals surface area contributed by atoms with E-state index < -0.39 is 29.5 Å². The third-order valence-corrected chi connectivity index (χ3v) is 8.50. The second-order valence-corrected chi connectivity index (χ2v) is 11.0. The minimum atomic E-state index is -0.873. The number of thiophene rings is 1. The summed E-state index contributed by atoms with van der Waals surface area (Å²) in [6.45, 7) is 3.51. The summed E-state index contributed by atoms with van der Waals surface area (Å²) in [5, 5.41) is 23.2. The fourth-order valence-corrected chi connectivity index (χ4v) is 6.06. The molecule has 3 rings (SSSR count). The average molecular weight is 517 g/mol. The Kier molecular flexibility index (Phi) is 9.54. The van der Waals surface area contributed by atoms with Crippen LogP contribution in [0.25, 0.3) is 10.1 Å². The van der Waals surface area contributed by atoms with Gasteiger partial charge in [0.1, 0.15) is 5.78 Å². The summed E-state index contributed by atoms with van der Waals surface area (Å²) >= 11 is 8.15. The third-order valence-electron chi connectivity index (χ3n) is 6.72. The van der Waals surface area contributed by atoms with Crippen LogP contribution in [-0.2, 0) is 20.7 Å². The molecule has 1 saturated carbocycles. The molecule has 188 valence electrons. The van der Waals surface area contributed by atoms with Gasteiger partial charge in [-0.25, -0.2) is 0 Å². The monoisotopic (exact) mass is 516 g/mol. The molecule has 2 aromatic rings. The molecule has 5 nitrogen and oxygen atoms in total. The first-order valence-electron chi connectivity index (χ1n) is 11.9. The van der Waals surface area contributed by atoms with Crippen LogP contribution in [0.15, 0.2) is 36.4 Å². The number of hydrogen-bond acceptors (Lipinski definition) is 6. The Hall–Kier alpha value is -2.17. The molecular formula is C28H33ClO5S. The van der Waals surface area contributed by atoms with Crippen LogP contribution in [0.1, 0.15) is 50.8 Å². The summed E-state index contributed by atoms with van der Waals surface area (Å²) in [4.78, 5) is 25.2. The molecule has 1 heterocycles. The summed E-state index contributed by atoms with van der Waals surface area (Å²) in [6.07, 6.45) is 4.82. The Bertz CT molecular complexity index is 1140. The molecule has 0 radical (unpaired) electrons. The van der Waals surface area contributed by atoms with Crippen LogP contribution in [0.4, 0.5) is 0 Å². The summed E-state index contributed by atoms with van der Waals surface area (Å²) < 4.78 is 5.74. The van der Waals surface area contributed by atoms with Crippen LogP contribution in [0.3, 0.4) is 0 Å². The van der Waals surface area contributed by atoms with E-state index in [-0.39, 0.29) is 11.8 Å². The van der Waals surface area contributed by atoms with Crippen molar-refractivity contribution in [2.24, 2.45) is 17.3 Å². The smallest absolute Gasteiger partial charge is 0.305 e. The molecule has 0 aliphatic heterocycles. The summed E-state index contributed by atoms with van der Waals surface area (Å²) in [7, 11) is 1.36. The van der Waals surface area contributed by atoms with Crippen molar-refractivity contribution in [1.82, 2.24) is 0 Å². The van der Waals surface area contributed by atoms with Gasteiger partial charge < -0.3 is 14.9 Å². The van der Waals surface area contributed by atoms with E-state index >= 15 is 0 Å². The standard InChI is InChI=1S/C28H33ClO5S/c1-28(2)26(32)19(10-6-4-5-7-13-24(31)34-3)20(27(28)33)16-14-18(30)15-17-23-25(29)21-11-8-9-12-22(21)35-23/h8-9,11-12,14,16,18-20,27,30,33H,5,7,10,13,15,17H2,1-3H3/b16-14-/t18?,19-,20+,27+/m1/s1. The third kappa shape index (κ3) is 6.54. The summed E-state index contributed by atoms with van der Waals surface area (Å²) in [5.74, 6) is 4.93. The number of ether oxygens (including phenoxy) is 1. The van der Waals surface area contributed by atoms with Crippen molar-refractivity contribution in [3.63, 3.8) is 0 Å². The van der Waals surface area contributed by atoms with Gasteiger partial charge in [0, 0.05) is 46.1 Å². The van der Waals surface area contributed by atoms with E-state index in [0.717, 1.165) is 20.0 Å². The highest BCUT2D eigenvalue weighted by atomic mass is 35.5. The lowest BCUT2D eigenvalue weighted by Gasteiger charge is -2.22. The van der Waals surface area contributed by atoms with Gasteiger partial charge in [0.15, 0.2) is 0 Å². The number of aryl methyl sites for hydroxylation is 1. The van der Waals surface area contributed by atoms with Gasteiger partial charge in [-0.2, -0.15) is 0 Å². The average Bonchev–Trinajstić information content (AvgIpc) is 3.25. The predicted octanol–water partition coefficient (Wildman–Crippen LogP) is 5.34. The van der Waals surface area contributed by atoms with Crippen LogP contribution in [0, 0.1) is 29.1 Å². The van der Waals surface area contributed by atoms with Crippen LogP contribution in [0.5, 0.6) is 0 Å². The van der Waals surface area contributed by atoms with Crippen molar-refractivity contribution in [2.75, 3.05) is 7.11 Å². The lowest BCUT2D eigenvalue weighted by molar-refractivity contribution is -0.140. The van der Waals surface area contributed by atoms with Crippen LogP contribution >= 0.6 is 22.9 Å². The van der Waals surface area contributed by atoms with Crippen molar-refractivity contribution >= 4 is 44.8 Å². The molecule has 0 saturated heterocycles. The first kappa shape index (κ1) is 27.4. The number of carbonyl (C=O) groups excluding carboxylic acids is 2. The van der Waals surface area contributed by atoms with E-state index in [1.54, 1.807) is 37.3 Å². The van der Waals surface area contributed by atoms with Crippen molar-refractivity contribution in [3.8, 4) is 11.8 Å². The zero-order valence-corrected chi connectivity index (χ0v) is 22.0. The second-order valence-electron chi connectivity index (χ2n) is 9.53. The van der Waals surface area contributed by atoms with Crippen molar-refractivity contribution in [3.05, 3.63) is 46.3 Å². The quantitative estimate of drug-likeness (QED) is 0.203. The second kappa shape index (κ2) is 12.2. The first-order chi connectivity index (χ1) is 16.7. The molecule has 35 heavy (non-hydrogen) atoms. The van der Waals surface area contributed by atoms with Crippen molar-refractivity contribution in [2.45, 2.75) is 64.6 Å². The van der Waals surface area contributed by atoms with Gasteiger partial charge >= 0.3 is 5.97 Å². The zero-order valence-electron chi connectivity index (χ0n) is 20.4. The minimum Gasteiger partial charge on any atom is -0.469 e. The topological polar surface area (TPSA) is 83.8 Å². The Morgan fingerprint density at radius 3 is 2.77 bits per heavy atom.